The largest absolute Gasteiger partial charge is 0.481 e. The summed E-state index contributed by atoms with van der Waals surface area (Å²) in [6.45, 7) is 1.34. The third-order valence-corrected chi connectivity index (χ3v) is 1.49. The number of hydrogen-bond acceptors (Lipinski definition) is 4. The van der Waals surface area contributed by atoms with Crippen LogP contribution in [0.15, 0.2) is 0 Å². The molecule has 0 aromatic heterocycles. The summed E-state index contributed by atoms with van der Waals surface area (Å²) in [4.78, 5) is 31.9. The molecular formula is C8H14N2O4. The lowest BCUT2D eigenvalue weighted by Gasteiger charge is -2.05. The first kappa shape index (κ1) is 12.6. The highest BCUT2D eigenvalue weighted by molar-refractivity contribution is 5.89. The third kappa shape index (κ3) is 6.13. The van der Waals surface area contributed by atoms with Crippen molar-refractivity contribution in [1.29, 1.82) is 0 Å². The first-order valence-electron chi connectivity index (χ1n) is 4.20. The lowest BCUT2D eigenvalue weighted by molar-refractivity contribution is -0.138. The van der Waals surface area contributed by atoms with E-state index in [-0.39, 0.29) is 25.2 Å². The molecule has 0 aromatic carbocycles. The van der Waals surface area contributed by atoms with Crippen LogP contribution < -0.4 is 11.1 Å². The van der Waals surface area contributed by atoms with Gasteiger partial charge in [0.15, 0.2) is 5.78 Å². The molecule has 14 heavy (non-hydrogen) atoms. The fraction of sp³-hybridized carbons (Fsp3) is 0.625. The van der Waals surface area contributed by atoms with Gasteiger partial charge in [-0.2, -0.15) is 0 Å². The predicted molar refractivity (Wildman–Crippen MR) is 48.5 cm³/mol. The number of rotatable bonds is 6. The van der Waals surface area contributed by atoms with Gasteiger partial charge in [0, 0.05) is 6.42 Å². The van der Waals surface area contributed by atoms with Crippen molar-refractivity contribution in [2.24, 2.45) is 5.73 Å². The number of amides is 1. The van der Waals surface area contributed by atoms with Crippen LogP contribution in [-0.4, -0.2) is 35.4 Å². The van der Waals surface area contributed by atoms with Crippen molar-refractivity contribution in [3.8, 4) is 0 Å². The van der Waals surface area contributed by atoms with E-state index in [1.807, 2.05) is 0 Å². The molecule has 0 heterocycles. The Balaban J connectivity index is 3.64. The number of carboxylic acid groups (broad SMARTS) is 1. The van der Waals surface area contributed by atoms with E-state index in [1.54, 1.807) is 0 Å². The molecule has 0 aliphatic heterocycles. The Bertz CT molecular complexity index is 237. The van der Waals surface area contributed by atoms with Gasteiger partial charge in [-0.15, -0.1) is 0 Å². The number of hydrogen-bond donors (Lipinski definition) is 3. The van der Waals surface area contributed by atoms with E-state index in [4.69, 9.17) is 10.8 Å². The number of aliphatic carboxylic acids is 1. The normalized spacial score (nSPS) is 11.9. The molecule has 0 aromatic rings. The second kappa shape index (κ2) is 6.09. The summed E-state index contributed by atoms with van der Waals surface area (Å²) in [5.41, 5.74) is 5.23. The molecule has 6 nitrogen and oxygen atoms in total. The standard InChI is InChI=1S/C8H14N2O4/c1-5(9)8(14)10-4-6(11)2-3-7(12)13/h5H,2-4,9H2,1H3,(H,10,14)(H,12,13)/t5-/m0/s1. The highest BCUT2D eigenvalue weighted by atomic mass is 16.4. The molecule has 0 aliphatic rings. The quantitative estimate of drug-likeness (QED) is 0.505. The molecule has 0 saturated heterocycles. The zero-order valence-electron chi connectivity index (χ0n) is 7.95. The van der Waals surface area contributed by atoms with Gasteiger partial charge in [-0.3, -0.25) is 14.4 Å². The van der Waals surface area contributed by atoms with Crippen molar-refractivity contribution >= 4 is 17.7 Å². The van der Waals surface area contributed by atoms with Crippen LogP contribution in [0.2, 0.25) is 0 Å². The maximum absolute atomic E-state index is 11.0. The van der Waals surface area contributed by atoms with Crippen LogP contribution in [0.1, 0.15) is 19.8 Å². The Hall–Kier alpha value is -1.43. The number of nitrogens with two attached hydrogens (primary N) is 1. The van der Waals surface area contributed by atoms with Gasteiger partial charge in [0.05, 0.1) is 19.0 Å². The molecule has 0 bridgehead atoms. The van der Waals surface area contributed by atoms with Crippen LogP contribution in [0.5, 0.6) is 0 Å². The number of carbonyl (C=O) groups excluding carboxylic acids is 2. The van der Waals surface area contributed by atoms with Crippen molar-refractivity contribution in [3.63, 3.8) is 0 Å². The van der Waals surface area contributed by atoms with Crippen LogP contribution in [0, 0.1) is 0 Å². The highest BCUT2D eigenvalue weighted by Crippen LogP contribution is 1.89. The number of ketones is 1. The number of carboxylic acids is 1. The second-order valence-electron chi connectivity index (χ2n) is 2.94. The van der Waals surface area contributed by atoms with E-state index < -0.39 is 17.9 Å². The molecule has 4 N–H and O–H groups in total. The number of carbonyl (C=O) groups is 3. The Morgan fingerprint density at radius 2 is 1.93 bits per heavy atom. The summed E-state index contributed by atoms with van der Waals surface area (Å²) in [5.74, 6) is -1.77. The summed E-state index contributed by atoms with van der Waals surface area (Å²) < 4.78 is 0. The topological polar surface area (TPSA) is 109 Å². The average Bonchev–Trinajstić information content (AvgIpc) is 2.10. The second-order valence-corrected chi connectivity index (χ2v) is 2.94. The minimum absolute atomic E-state index is 0.0748. The number of nitrogens with one attached hydrogen (secondary N) is 1. The molecule has 0 rings (SSSR count). The SMILES string of the molecule is C[C@H](N)C(=O)NCC(=O)CCC(=O)O. The Morgan fingerprint density at radius 3 is 2.36 bits per heavy atom. The first-order valence-corrected chi connectivity index (χ1v) is 4.20. The lowest BCUT2D eigenvalue weighted by Crippen LogP contribution is -2.40. The summed E-state index contributed by atoms with van der Waals surface area (Å²) in [6.07, 6.45) is -0.290. The van der Waals surface area contributed by atoms with Gasteiger partial charge in [0.25, 0.3) is 0 Å². The van der Waals surface area contributed by atoms with Crippen LogP contribution in [-0.2, 0) is 14.4 Å². The van der Waals surface area contributed by atoms with E-state index in [0.717, 1.165) is 0 Å². The molecule has 0 radical (unpaired) electrons. The Kier molecular flexibility index (Phi) is 5.47. The number of Topliss-reactive ketones (excluding diaryl/α,β-unsaturated/α-hetero) is 1. The van der Waals surface area contributed by atoms with Gasteiger partial charge in [-0.25, -0.2) is 0 Å². The molecule has 0 spiro atoms. The monoisotopic (exact) mass is 202 g/mol. The predicted octanol–water partition coefficient (Wildman–Crippen LogP) is -1.12. The Labute approximate surface area is 81.5 Å². The van der Waals surface area contributed by atoms with Crippen molar-refractivity contribution < 1.29 is 19.5 Å². The zero-order valence-corrected chi connectivity index (χ0v) is 7.95. The van der Waals surface area contributed by atoms with Crippen LogP contribution in [0.3, 0.4) is 0 Å². The highest BCUT2D eigenvalue weighted by Gasteiger charge is 2.10. The van der Waals surface area contributed by atoms with Gasteiger partial charge >= 0.3 is 5.97 Å². The summed E-state index contributed by atoms with van der Waals surface area (Å²) in [5, 5.41) is 10.6. The van der Waals surface area contributed by atoms with Gasteiger partial charge in [-0.1, -0.05) is 0 Å². The van der Waals surface area contributed by atoms with Gasteiger partial charge in [-0.05, 0) is 6.92 Å². The van der Waals surface area contributed by atoms with Crippen molar-refractivity contribution in [2.45, 2.75) is 25.8 Å². The van der Waals surface area contributed by atoms with Crippen molar-refractivity contribution in [2.75, 3.05) is 6.54 Å². The molecule has 1 amide bonds. The zero-order chi connectivity index (χ0) is 11.1. The van der Waals surface area contributed by atoms with Gasteiger partial charge < -0.3 is 16.2 Å². The van der Waals surface area contributed by atoms with Gasteiger partial charge in [0.1, 0.15) is 0 Å². The summed E-state index contributed by atoms with van der Waals surface area (Å²) >= 11 is 0. The molecule has 0 fully saturated rings. The molecule has 0 unspecified atom stereocenters. The van der Waals surface area contributed by atoms with Crippen molar-refractivity contribution in [3.05, 3.63) is 0 Å². The third-order valence-electron chi connectivity index (χ3n) is 1.49. The summed E-state index contributed by atoms with van der Waals surface area (Å²) in [6, 6.07) is -0.665. The molecular weight excluding hydrogens is 188 g/mol. The minimum atomic E-state index is -1.03. The van der Waals surface area contributed by atoms with E-state index in [1.165, 1.54) is 6.92 Å². The smallest absolute Gasteiger partial charge is 0.303 e. The van der Waals surface area contributed by atoms with E-state index >= 15 is 0 Å². The van der Waals surface area contributed by atoms with Crippen LogP contribution in [0.25, 0.3) is 0 Å². The summed E-state index contributed by atoms with van der Waals surface area (Å²) in [7, 11) is 0. The first-order chi connectivity index (χ1) is 6.43. The molecule has 6 heteroatoms. The minimum Gasteiger partial charge on any atom is -0.481 e. The lowest BCUT2D eigenvalue weighted by atomic mass is 10.2. The fourth-order valence-electron chi connectivity index (χ4n) is 0.681. The fourth-order valence-corrected chi connectivity index (χ4v) is 0.681. The van der Waals surface area contributed by atoms with E-state index in [2.05, 4.69) is 5.32 Å². The van der Waals surface area contributed by atoms with Gasteiger partial charge in [0.2, 0.25) is 5.91 Å². The molecule has 0 saturated carbocycles. The maximum Gasteiger partial charge on any atom is 0.303 e. The molecule has 1 atom stereocenters. The van der Waals surface area contributed by atoms with Crippen LogP contribution in [0.4, 0.5) is 0 Å². The maximum atomic E-state index is 11.0. The Morgan fingerprint density at radius 1 is 1.36 bits per heavy atom. The molecule has 80 valence electrons. The average molecular weight is 202 g/mol. The van der Waals surface area contributed by atoms with Crippen molar-refractivity contribution in [1.82, 2.24) is 5.32 Å². The molecule has 0 aliphatic carbocycles. The van der Waals surface area contributed by atoms with Crippen LogP contribution >= 0.6 is 0 Å². The van der Waals surface area contributed by atoms with E-state index in [0.29, 0.717) is 0 Å². The van der Waals surface area contributed by atoms with E-state index in [9.17, 15) is 14.4 Å².